The highest BCUT2D eigenvalue weighted by Gasteiger charge is 2.14. The molecule has 1 atom stereocenters. The van der Waals surface area contributed by atoms with Crippen molar-refractivity contribution < 1.29 is 0 Å². The second kappa shape index (κ2) is 5.45. The number of hydrogen-bond acceptors (Lipinski definition) is 4. The number of nitrogens with zero attached hydrogens (tertiary/aromatic N) is 3. The molecule has 4 nitrogen and oxygen atoms in total. The molecule has 0 bridgehead atoms. The highest BCUT2D eigenvalue weighted by Crippen LogP contribution is 2.25. The summed E-state index contributed by atoms with van der Waals surface area (Å²) < 4.78 is 0. The molecule has 0 aliphatic heterocycles. The van der Waals surface area contributed by atoms with Gasteiger partial charge in [0.05, 0.1) is 6.04 Å². The van der Waals surface area contributed by atoms with Gasteiger partial charge in [-0.25, -0.2) is 4.98 Å². The van der Waals surface area contributed by atoms with Crippen LogP contribution in [-0.2, 0) is 0 Å². The maximum atomic E-state index is 5.90. The van der Waals surface area contributed by atoms with Crippen LogP contribution in [0.25, 0.3) is 0 Å². The van der Waals surface area contributed by atoms with Gasteiger partial charge in [0.2, 0.25) is 5.95 Å². The molecule has 2 rings (SSSR count). The van der Waals surface area contributed by atoms with Crippen LogP contribution in [0, 0.1) is 6.92 Å². The molecule has 1 unspecified atom stereocenters. The third-order valence-electron chi connectivity index (χ3n) is 3.15. The second-order valence-corrected chi connectivity index (χ2v) is 5.00. The lowest BCUT2D eigenvalue weighted by atomic mass is 10.1. The average molecular weight is 277 g/mol. The van der Waals surface area contributed by atoms with Crippen LogP contribution in [0.2, 0.25) is 5.02 Å². The first-order valence-electron chi connectivity index (χ1n) is 6.07. The zero-order valence-electron chi connectivity index (χ0n) is 11.3. The van der Waals surface area contributed by atoms with Crippen LogP contribution in [0.15, 0.2) is 30.3 Å². The van der Waals surface area contributed by atoms with Crippen molar-refractivity contribution in [1.29, 1.82) is 0 Å². The Morgan fingerprint density at radius 3 is 2.42 bits per heavy atom. The van der Waals surface area contributed by atoms with E-state index in [0.29, 0.717) is 5.95 Å². The van der Waals surface area contributed by atoms with E-state index in [0.717, 1.165) is 16.5 Å². The van der Waals surface area contributed by atoms with Gasteiger partial charge in [-0.05, 0) is 31.5 Å². The fourth-order valence-corrected chi connectivity index (χ4v) is 2.04. The predicted octanol–water partition coefficient (Wildman–Crippen LogP) is 3.22. The lowest BCUT2D eigenvalue weighted by Crippen LogP contribution is -2.23. The number of aryl methyl sites for hydroxylation is 1. The van der Waals surface area contributed by atoms with E-state index in [2.05, 4.69) is 21.8 Å². The van der Waals surface area contributed by atoms with Crippen molar-refractivity contribution in [2.45, 2.75) is 19.9 Å². The van der Waals surface area contributed by atoms with E-state index >= 15 is 0 Å². The molecular formula is C14H17ClN4. The number of hydrogen-bond donors (Lipinski definition) is 1. The first-order chi connectivity index (χ1) is 8.97. The minimum absolute atomic E-state index is 0.172. The molecule has 0 aliphatic carbocycles. The van der Waals surface area contributed by atoms with Crippen molar-refractivity contribution in [1.82, 2.24) is 9.97 Å². The lowest BCUT2D eigenvalue weighted by molar-refractivity contribution is 0.727. The summed E-state index contributed by atoms with van der Waals surface area (Å²) in [6.45, 7) is 4.01. The molecule has 0 radical (unpaired) electrons. The number of nitrogens with two attached hydrogens (primary N) is 1. The van der Waals surface area contributed by atoms with Crippen LogP contribution in [0.3, 0.4) is 0 Å². The Balaban J connectivity index is 2.27. The van der Waals surface area contributed by atoms with Gasteiger partial charge in [-0.15, -0.1) is 0 Å². The summed E-state index contributed by atoms with van der Waals surface area (Å²) in [5, 5.41) is 0.737. The normalized spacial score (nSPS) is 12.2. The molecule has 0 saturated carbocycles. The zero-order valence-corrected chi connectivity index (χ0v) is 12.0. The second-order valence-electron chi connectivity index (χ2n) is 4.56. The molecule has 5 heteroatoms. The summed E-state index contributed by atoms with van der Waals surface area (Å²) in [6, 6.07) is 9.90. The number of nitrogen functional groups attached to an aromatic ring is 1. The number of halogens is 1. The number of rotatable bonds is 3. The Kier molecular flexibility index (Phi) is 3.90. The van der Waals surface area contributed by atoms with Crippen molar-refractivity contribution in [3.8, 4) is 0 Å². The average Bonchev–Trinajstić information content (AvgIpc) is 2.37. The summed E-state index contributed by atoms with van der Waals surface area (Å²) in [5.41, 5.74) is 7.72. The standard InChI is InChI=1S/C14H17ClN4/c1-9-8-13(18-14(16)17-9)19(3)10(2)11-4-6-12(15)7-5-11/h4-8,10H,1-3H3,(H2,16,17,18). The predicted molar refractivity (Wildman–Crippen MR) is 79.5 cm³/mol. The van der Waals surface area contributed by atoms with Crippen molar-refractivity contribution in [3.63, 3.8) is 0 Å². The molecule has 0 aliphatic rings. The largest absolute Gasteiger partial charge is 0.368 e. The smallest absolute Gasteiger partial charge is 0.222 e. The van der Waals surface area contributed by atoms with Gasteiger partial charge in [0.25, 0.3) is 0 Å². The van der Waals surface area contributed by atoms with Crippen molar-refractivity contribution in [3.05, 3.63) is 46.6 Å². The van der Waals surface area contributed by atoms with Crippen LogP contribution in [0.5, 0.6) is 0 Å². The Morgan fingerprint density at radius 1 is 1.21 bits per heavy atom. The number of benzene rings is 1. The molecule has 19 heavy (non-hydrogen) atoms. The Morgan fingerprint density at radius 2 is 1.84 bits per heavy atom. The molecule has 2 aromatic rings. The SMILES string of the molecule is Cc1cc(N(C)C(C)c2ccc(Cl)cc2)nc(N)n1. The maximum Gasteiger partial charge on any atom is 0.222 e. The Hall–Kier alpha value is -1.81. The third kappa shape index (κ3) is 3.15. The van der Waals surface area contributed by atoms with Crippen LogP contribution in [0.4, 0.5) is 11.8 Å². The quantitative estimate of drug-likeness (QED) is 0.935. The molecule has 1 heterocycles. The van der Waals surface area contributed by atoms with Crippen LogP contribution >= 0.6 is 11.6 Å². The number of anilines is 2. The van der Waals surface area contributed by atoms with Gasteiger partial charge >= 0.3 is 0 Å². The molecule has 0 fully saturated rings. The summed E-state index contributed by atoms with van der Waals surface area (Å²) in [7, 11) is 1.99. The van der Waals surface area contributed by atoms with E-state index < -0.39 is 0 Å². The van der Waals surface area contributed by atoms with E-state index in [1.165, 1.54) is 5.56 Å². The highest BCUT2D eigenvalue weighted by molar-refractivity contribution is 6.30. The first kappa shape index (κ1) is 13.6. The summed E-state index contributed by atoms with van der Waals surface area (Å²) in [6.07, 6.45) is 0. The van der Waals surface area contributed by atoms with Gasteiger partial charge in [0.1, 0.15) is 5.82 Å². The van der Waals surface area contributed by atoms with Crippen LogP contribution < -0.4 is 10.6 Å². The van der Waals surface area contributed by atoms with E-state index in [1.54, 1.807) is 0 Å². The summed E-state index contributed by atoms with van der Waals surface area (Å²) in [5.74, 6) is 1.11. The van der Waals surface area contributed by atoms with Gasteiger partial charge in [-0.2, -0.15) is 4.98 Å². The van der Waals surface area contributed by atoms with Crippen LogP contribution in [0.1, 0.15) is 24.2 Å². The van der Waals surface area contributed by atoms with Gasteiger partial charge in [0, 0.05) is 23.8 Å². The molecule has 0 spiro atoms. The molecule has 2 N–H and O–H groups in total. The van der Waals surface area contributed by atoms with E-state index in [-0.39, 0.29) is 6.04 Å². The molecule has 1 aromatic carbocycles. The molecule has 0 amide bonds. The number of aromatic nitrogens is 2. The molecule has 1 aromatic heterocycles. The topological polar surface area (TPSA) is 55.0 Å². The van der Waals surface area contributed by atoms with Gasteiger partial charge in [0.15, 0.2) is 0 Å². The monoisotopic (exact) mass is 276 g/mol. The van der Waals surface area contributed by atoms with E-state index in [9.17, 15) is 0 Å². The van der Waals surface area contributed by atoms with Gasteiger partial charge in [-0.1, -0.05) is 23.7 Å². The van der Waals surface area contributed by atoms with Crippen molar-refractivity contribution in [2.75, 3.05) is 17.7 Å². The maximum absolute atomic E-state index is 5.90. The Bertz CT molecular complexity index is 548. The van der Waals surface area contributed by atoms with E-state index in [1.807, 2.05) is 44.3 Å². The van der Waals surface area contributed by atoms with Gasteiger partial charge in [-0.3, -0.25) is 0 Å². The summed E-state index contributed by atoms with van der Waals surface area (Å²) >= 11 is 5.90. The van der Waals surface area contributed by atoms with Gasteiger partial charge < -0.3 is 10.6 Å². The molecule has 100 valence electrons. The van der Waals surface area contributed by atoms with E-state index in [4.69, 9.17) is 17.3 Å². The first-order valence-corrected chi connectivity index (χ1v) is 6.44. The third-order valence-corrected chi connectivity index (χ3v) is 3.40. The minimum atomic E-state index is 0.172. The lowest BCUT2D eigenvalue weighted by Gasteiger charge is -2.26. The van der Waals surface area contributed by atoms with Crippen molar-refractivity contribution >= 4 is 23.4 Å². The van der Waals surface area contributed by atoms with Crippen LogP contribution in [-0.4, -0.2) is 17.0 Å². The zero-order chi connectivity index (χ0) is 14.0. The molecular weight excluding hydrogens is 260 g/mol. The Labute approximate surface area is 118 Å². The fourth-order valence-electron chi connectivity index (χ4n) is 1.92. The fraction of sp³-hybridized carbons (Fsp3) is 0.286. The summed E-state index contributed by atoms with van der Waals surface area (Å²) in [4.78, 5) is 10.4. The van der Waals surface area contributed by atoms with Crippen molar-refractivity contribution in [2.24, 2.45) is 0 Å². The minimum Gasteiger partial charge on any atom is -0.368 e. The highest BCUT2D eigenvalue weighted by atomic mass is 35.5. The molecule has 0 saturated heterocycles.